The zero-order valence-electron chi connectivity index (χ0n) is 11.3. The molecule has 2 aliphatic heterocycles. The van der Waals surface area contributed by atoms with Gasteiger partial charge in [0.15, 0.2) is 0 Å². The van der Waals surface area contributed by atoms with Crippen LogP contribution in [0.1, 0.15) is 11.5 Å². The van der Waals surface area contributed by atoms with Crippen LogP contribution < -0.4 is 22.1 Å². The van der Waals surface area contributed by atoms with Crippen molar-refractivity contribution < 1.29 is 4.79 Å². The van der Waals surface area contributed by atoms with Crippen LogP contribution in [0, 0.1) is 5.41 Å². The number of carbonyl (C=O) groups excluding carboxylic acids is 1. The first-order chi connectivity index (χ1) is 9.99. The second kappa shape index (κ2) is 4.62. The number of hydrogen-bond donors (Lipinski definition) is 4. The van der Waals surface area contributed by atoms with E-state index in [1.807, 2.05) is 29.2 Å². The molecule has 2 atom stereocenters. The summed E-state index contributed by atoms with van der Waals surface area (Å²) >= 11 is 0. The number of anilines is 1. The molecule has 1 amide bonds. The van der Waals surface area contributed by atoms with Crippen LogP contribution in [0.2, 0.25) is 0 Å². The van der Waals surface area contributed by atoms with Crippen LogP contribution in [0.25, 0.3) is 0 Å². The molecule has 0 aromatic heterocycles. The van der Waals surface area contributed by atoms with Crippen molar-refractivity contribution in [3.63, 3.8) is 0 Å². The SMILES string of the molecule is N=C(N)CN1c2ccccc2C2C=C(C(N)=O)C(N)=NC21. The molecule has 0 aliphatic carbocycles. The highest BCUT2D eigenvalue weighted by Crippen LogP contribution is 2.44. The van der Waals surface area contributed by atoms with Crippen LogP contribution in [0.5, 0.6) is 0 Å². The molecular formula is C14H16N6O. The van der Waals surface area contributed by atoms with Gasteiger partial charge < -0.3 is 22.1 Å². The Labute approximate surface area is 121 Å². The molecule has 0 radical (unpaired) electrons. The zero-order valence-corrected chi connectivity index (χ0v) is 11.3. The number of primary amides is 1. The third kappa shape index (κ3) is 2.03. The molecule has 3 rings (SSSR count). The number of nitrogens with zero attached hydrogens (tertiary/aromatic N) is 2. The lowest BCUT2D eigenvalue weighted by Crippen LogP contribution is -2.42. The van der Waals surface area contributed by atoms with Gasteiger partial charge in [0, 0.05) is 11.6 Å². The van der Waals surface area contributed by atoms with Crippen molar-refractivity contribution in [2.45, 2.75) is 12.1 Å². The molecule has 1 aromatic rings. The fraction of sp³-hybridized carbons (Fsp3) is 0.214. The number of aliphatic imine (C=N–C) groups is 1. The van der Waals surface area contributed by atoms with Gasteiger partial charge in [-0.25, -0.2) is 4.99 Å². The summed E-state index contributed by atoms with van der Waals surface area (Å²) in [5, 5.41) is 7.53. The zero-order chi connectivity index (χ0) is 15.1. The number of amidine groups is 2. The number of nitrogens with two attached hydrogens (primary N) is 3. The highest BCUT2D eigenvalue weighted by molar-refractivity contribution is 6.20. The number of hydrogen-bond acceptors (Lipinski definition) is 5. The highest BCUT2D eigenvalue weighted by atomic mass is 16.1. The van der Waals surface area contributed by atoms with E-state index in [0.717, 1.165) is 11.3 Å². The lowest BCUT2D eigenvalue weighted by molar-refractivity contribution is -0.114. The van der Waals surface area contributed by atoms with Gasteiger partial charge in [-0.05, 0) is 11.6 Å². The van der Waals surface area contributed by atoms with Gasteiger partial charge in [0.1, 0.15) is 17.8 Å². The maximum Gasteiger partial charge on any atom is 0.252 e. The first kappa shape index (κ1) is 13.2. The van der Waals surface area contributed by atoms with Gasteiger partial charge in [-0.15, -0.1) is 0 Å². The van der Waals surface area contributed by atoms with Crippen molar-refractivity contribution in [2.75, 3.05) is 11.4 Å². The van der Waals surface area contributed by atoms with E-state index in [1.165, 1.54) is 0 Å². The number of amides is 1. The van der Waals surface area contributed by atoms with Crippen molar-refractivity contribution in [2.24, 2.45) is 22.2 Å². The van der Waals surface area contributed by atoms with Crippen LogP contribution in [0.15, 0.2) is 40.9 Å². The van der Waals surface area contributed by atoms with E-state index in [-0.39, 0.29) is 35.9 Å². The lowest BCUT2D eigenvalue weighted by atomic mass is 9.93. The monoisotopic (exact) mass is 284 g/mol. The minimum atomic E-state index is -0.586. The van der Waals surface area contributed by atoms with E-state index in [0.29, 0.717) is 0 Å². The summed E-state index contributed by atoms with van der Waals surface area (Å²) in [4.78, 5) is 17.8. The van der Waals surface area contributed by atoms with Crippen molar-refractivity contribution in [1.29, 1.82) is 5.41 Å². The molecule has 1 aromatic carbocycles. The summed E-state index contributed by atoms with van der Waals surface area (Å²) in [6.45, 7) is 0.259. The average Bonchev–Trinajstić information content (AvgIpc) is 2.71. The van der Waals surface area contributed by atoms with Crippen molar-refractivity contribution in [3.05, 3.63) is 41.5 Å². The predicted octanol–water partition coefficient (Wildman–Crippen LogP) is -0.365. The Bertz CT molecular complexity index is 692. The first-order valence-corrected chi connectivity index (χ1v) is 6.52. The van der Waals surface area contributed by atoms with Crippen LogP contribution in [-0.4, -0.2) is 30.3 Å². The van der Waals surface area contributed by atoms with Gasteiger partial charge in [-0.2, -0.15) is 0 Å². The highest BCUT2D eigenvalue weighted by Gasteiger charge is 2.40. The Hall–Kier alpha value is -2.83. The van der Waals surface area contributed by atoms with E-state index >= 15 is 0 Å². The van der Waals surface area contributed by atoms with E-state index < -0.39 is 5.91 Å². The second-order valence-electron chi connectivity index (χ2n) is 5.11. The Kier molecular flexibility index (Phi) is 2.90. The number of nitrogens with one attached hydrogen (secondary N) is 1. The Morgan fingerprint density at radius 3 is 2.71 bits per heavy atom. The quantitative estimate of drug-likeness (QED) is 0.445. The van der Waals surface area contributed by atoms with Crippen molar-refractivity contribution in [3.8, 4) is 0 Å². The predicted molar refractivity (Wildman–Crippen MR) is 81.1 cm³/mol. The van der Waals surface area contributed by atoms with Crippen LogP contribution >= 0.6 is 0 Å². The molecule has 108 valence electrons. The summed E-state index contributed by atoms with van der Waals surface area (Å²) in [5.74, 6) is -0.526. The fourth-order valence-electron chi connectivity index (χ4n) is 2.90. The van der Waals surface area contributed by atoms with Crippen molar-refractivity contribution >= 4 is 23.3 Å². The molecule has 0 saturated heterocycles. The third-order valence-corrected chi connectivity index (χ3v) is 3.75. The molecule has 0 spiro atoms. The maximum absolute atomic E-state index is 11.4. The van der Waals surface area contributed by atoms with Gasteiger partial charge in [0.25, 0.3) is 5.91 Å². The molecule has 7 nitrogen and oxygen atoms in total. The van der Waals surface area contributed by atoms with Crippen LogP contribution in [-0.2, 0) is 4.79 Å². The Morgan fingerprint density at radius 1 is 1.33 bits per heavy atom. The molecule has 0 bridgehead atoms. The normalized spacial score (nSPS) is 23.0. The van der Waals surface area contributed by atoms with E-state index in [4.69, 9.17) is 22.6 Å². The maximum atomic E-state index is 11.4. The van der Waals surface area contributed by atoms with Gasteiger partial charge in [-0.3, -0.25) is 10.2 Å². The molecule has 21 heavy (non-hydrogen) atoms. The van der Waals surface area contributed by atoms with E-state index in [2.05, 4.69) is 4.99 Å². The summed E-state index contributed by atoms with van der Waals surface area (Å²) in [6.07, 6.45) is 1.46. The molecule has 0 fully saturated rings. The molecule has 2 aliphatic rings. The van der Waals surface area contributed by atoms with Gasteiger partial charge in [0.2, 0.25) is 0 Å². The Morgan fingerprint density at radius 2 is 2.05 bits per heavy atom. The lowest BCUT2D eigenvalue weighted by Gasteiger charge is -2.28. The topological polar surface area (TPSA) is 135 Å². The van der Waals surface area contributed by atoms with Crippen LogP contribution in [0.4, 0.5) is 5.69 Å². The van der Waals surface area contributed by atoms with E-state index in [1.54, 1.807) is 6.08 Å². The standard InChI is InChI=1S/C14H16N6O/c15-11(16)6-20-10-4-2-1-3-7(10)8-5-9(13(18)21)12(17)19-14(8)20/h1-5,8,14H,6H2,(H3,15,16)(H2,17,19)(H2,18,21). The molecule has 0 saturated carbocycles. The average molecular weight is 284 g/mol. The third-order valence-electron chi connectivity index (χ3n) is 3.75. The molecule has 7 heteroatoms. The van der Waals surface area contributed by atoms with Gasteiger partial charge in [0.05, 0.1) is 12.1 Å². The number of rotatable bonds is 3. The largest absolute Gasteiger partial charge is 0.386 e. The Balaban J connectivity index is 2.10. The summed E-state index contributed by atoms with van der Waals surface area (Å²) in [5.41, 5.74) is 18.9. The second-order valence-corrected chi connectivity index (χ2v) is 5.11. The molecule has 2 unspecified atom stereocenters. The van der Waals surface area contributed by atoms with Crippen molar-refractivity contribution in [1.82, 2.24) is 0 Å². The minimum absolute atomic E-state index is 0.0453. The van der Waals surface area contributed by atoms with E-state index in [9.17, 15) is 4.79 Å². The smallest absolute Gasteiger partial charge is 0.252 e. The van der Waals surface area contributed by atoms with Gasteiger partial charge >= 0.3 is 0 Å². The number of fused-ring (bicyclic) bond motifs is 3. The molecular weight excluding hydrogens is 268 g/mol. The minimum Gasteiger partial charge on any atom is -0.386 e. The number of benzene rings is 1. The van der Waals surface area contributed by atoms with Crippen LogP contribution in [0.3, 0.4) is 0 Å². The number of carbonyl (C=O) groups is 1. The summed E-state index contributed by atoms with van der Waals surface area (Å²) in [7, 11) is 0. The first-order valence-electron chi connectivity index (χ1n) is 6.52. The summed E-state index contributed by atoms with van der Waals surface area (Å²) < 4.78 is 0. The summed E-state index contributed by atoms with van der Waals surface area (Å²) in [6, 6.07) is 7.75. The molecule has 7 N–H and O–H groups in total. The number of dihydropyridines is 1. The number of para-hydroxylation sites is 1. The molecule has 2 heterocycles. The fourth-order valence-corrected chi connectivity index (χ4v) is 2.90. The van der Waals surface area contributed by atoms with Gasteiger partial charge in [-0.1, -0.05) is 24.3 Å².